The van der Waals surface area contributed by atoms with Crippen LogP contribution < -0.4 is 21.3 Å². The predicted molar refractivity (Wildman–Crippen MR) is 148 cm³/mol. The number of piperazine rings is 1. The first-order chi connectivity index (χ1) is 18.5. The van der Waals surface area contributed by atoms with Crippen LogP contribution in [0.3, 0.4) is 0 Å². The Bertz CT molecular complexity index is 1210. The lowest BCUT2D eigenvalue weighted by atomic mass is 9.88. The molecule has 4 N–H and O–H groups in total. The number of benzene rings is 1. The zero-order valence-corrected chi connectivity index (χ0v) is 22.1. The second-order valence-corrected chi connectivity index (χ2v) is 11.4. The Kier molecular flexibility index (Phi) is 6.95. The van der Waals surface area contributed by atoms with E-state index in [-0.39, 0.29) is 35.5 Å². The fourth-order valence-corrected chi connectivity index (χ4v) is 7.08. The van der Waals surface area contributed by atoms with Gasteiger partial charge in [0, 0.05) is 49.6 Å². The van der Waals surface area contributed by atoms with E-state index >= 15 is 0 Å². The van der Waals surface area contributed by atoms with Crippen molar-refractivity contribution in [2.75, 3.05) is 41.7 Å². The number of hydrogen-bond acceptors (Lipinski definition) is 7. The van der Waals surface area contributed by atoms with E-state index in [2.05, 4.69) is 55.5 Å². The van der Waals surface area contributed by atoms with Gasteiger partial charge in [-0.2, -0.15) is 4.98 Å². The van der Waals surface area contributed by atoms with E-state index in [1.807, 2.05) is 12.1 Å². The van der Waals surface area contributed by atoms with Gasteiger partial charge >= 0.3 is 0 Å². The van der Waals surface area contributed by atoms with Crippen LogP contribution in [-0.2, 0) is 4.79 Å². The number of nitrogens with one attached hydrogen (secondary N) is 2. The van der Waals surface area contributed by atoms with Crippen molar-refractivity contribution in [3.05, 3.63) is 47.9 Å². The summed E-state index contributed by atoms with van der Waals surface area (Å²) in [5.41, 5.74) is 8.94. The molecule has 1 saturated heterocycles. The topological polar surface area (TPSA) is 99.4 Å². The first-order valence-corrected chi connectivity index (χ1v) is 14.1. The summed E-state index contributed by atoms with van der Waals surface area (Å²) in [6.07, 6.45) is 13.0. The van der Waals surface area contributed by atoms with Crippen LogP contribution >= 0.6 is 0 Å². The molecule has 2 saturated carbocycles. The maximum absolute atomic E-state index is 14.6. The lowest BCUT2D eigenvalue weighted by Gasteiger charge is -2.42. The van der Waals surface area contributed by atoms with E-state index in [0.29, 0.717) is 5.95 Å². The molecule has 2 aromatic rings. The number of halogens is 1. The van der Waals surface area contributed by atoms with Gasteiger partial charge in [-0.25, -0.2) is 9.37 Å². The molecule has 1 aromatic carbocycles. The van der Waals surface area contributed by atoms with E-state index in [1.165, 1.54) is 43.4 Å². The molecule has 0 spiro atoms. The molecule has 38 heavy (non-hydrogen) atoms. The minimum Gasteiger partial charge on any atom is -0.369 e. The van der Waals surface area contributed by atoms with Crippen molar-refractivity contribution >= 4 is 29.0 Å². The Hall–Kier alpha value is -3.20. The van der Waals surface area contributed by atoms with Gasteiger partial charge in [0.1, 0.15) is 0 Å². The van der Waals surface area contributed by atoms with Crippen LogP contribution in [0.25, 0.3) is 0 Å². The third-order valence-corrected chi connectivity index (χ3v) is 9.03. The van der Waals surface area contributed by atoms with Crippen LogP contribution in [0.15, 0.2) is 36.5 Å². The molecule has 4 unspecified atom stereocenters. The average molecular weight is 520 g/mol. The van der Waals surface area contributed by atoms with Gasteiger partial charge in [-0.05, 0) is 61.8 Å². The molecule has 202 valence electrons. The smallest absolute Gasteiger partial charge is 0.229 e. The van der Waals surface area contributed by atoms with Crippen LogP contribution in [0, 0.1) is 30.5 Å². The van der Waals surface area contributed by atoms with Crippen LogP contribution in [0.5, 0.6) is 0 Å². The van der Waals surface area contributed by atoms with Crippen molar-refractivity contribution in [3.8, 4) is 0 Å². The van der Waals surface area contributed by atoms with Gasteiger partial charge in [0.25, 0.3) is 0 Å². The molecular weight excluding hydrogens is 481 g/mol. The number of amides is 1. The molecule has 0 radical (unpaired) electrons. The zero-order valence-electron chi connectivity index (χ0n) is 22.1. The monoisotopic (exact) mass is 519 g/mol. The highest BCUT2D eigenvalue weighted by molar-refractivity contribution is 5.79. The number of carbonyl (C=O) groups excluding carboxylic acids is 1. The first kappa shape index (κ1) is 25.1. The van der Waals surface area contributed by atoms with Gasteiger partial charge in [0.2, 0.25) is 11.9 Å². The fourth-order valence-electron chi connectivity index (χ4n) is 7.08. The zero-order chi connectivity index (χ0) is 26.2. The van der Waals surface area contributed by atoms with Gasteiger partial charge in [-0.15, -0.1) is 0 Å². The normalized spacial score (nSPS) is 27.6. The summed E-state index contributed by atoms with van der Waals surface area (Å²) in [7, 11) is 0. The number of hydrogen-bond donors (Lipinski definition) is 3. The lowest BCUT2D eigenvalue weighted by Crippen LogP contribution is -2.51. The minimum atomic E-state index is -0.551. The van der Waals surface area contributed by atoms with Crippen LogP contribution in [-0.4, -0.2) is 59.0 Å². The van der Waals surface area contributed by atoms with Crippen molar-refractivity contribution in [1.82, 2.24) is 14.9 Å². The number of anilines is 4. The molecule has 9 heteroatoms. The molecule has 3 aliphatic carbocycles. The SMILES string of the molecule is Cc1cc(Nc2ncc(F)c(NC3C4C=CC(C4)C3C(N)=O)n2)ccc1N1CCN(C2CCCCC2)CC1. The Labute approximate surface area is 223 Å². The van der Waals surface area contributed by atoms with Gasteiger partial charge in [-0.1, -0.05) is 31.4 Å². The van der Waals surface area contributed by atoms with E-state index in [0.717, 1.165) is 50.5 Å². The quantitative estimate of drug-likeness (QED) is 0.471. The molecule has 1 aliphatic heterocycles. The molecule has 2 bridgehead atoms. The highest BCUT2D eigenvalue weighted by atomic mass is 19.1. The standard InChI is InChI=1S/C29H38FN7O/c1-18-15-21(9-10-24(18)37-13-11-36(12-14-37)22-5-3-2-4-6-22)33-29-32-17-23(30)28(35-29)34-26-20-8-7-19(16-20)25(26)27(31)38/h7-10,15,17,19-20,22,25-26H,2-6,11-14,16H2,1H3,(H2,31,38)(H2,32,33,34,35). The van der Waals surface area contributed by atoms with E-state index in [1.54, 1.807) is 0 Å². The summed E-state index contributed by atoms with van der Waals surface area (Å²) >= 11 is 0. The van der Waals surface area contributed by atoms with Crippen molar-refractivity contribution in [3.63, 3.8) is 0 Å². The van der Waals surface area contributed by atoms with Crippen LogP contribution in [0.1, 0.15) is 44.1 Å². The Balaban J connectivity index is 1.10. The molecule has 1 amide bonds. The average Bonchev–Trinajstić information content (AvgIpc) is 3.53. The van der Waals surface area contributed by atoms with Crippen molar-refractivity contribution in [1.29, 1.82) is 0 Å². The molecule has 6 rings (SSSR count). The highest BCUT2D eigenvalue weighted by Crippen LogP contribution is 2.45. The van der Waals surface area contributed by atoms with E-state index < -0.39 is 5.82 Å². The first-order valence-electron chi connectivity index (χ1n) is 14.1. The number of fused-ring (bicyclic) bond motifs is 2. The maximum atomic E-state index is 14.6. The van der Waals surface area contributed by atoms with Crippen LogP contribution in [0.4, 0.5) is 27.5 Å². The number of carbonyl (C=O) groups is 1. The molecule has 2 heterocycles. The maximum Gasteiger partial charge on any atom is 0.229 e. The predicted octanol–water partition coefficient (Wildman–Crippen LogP) is 4.21. The number of rotatable bonds is 7. The number of aromatic nitrogens is 2. The third-order valence-electron chi connectivity index (χ3n) is 9.03. The fraction of sp³-hybridized carbons (Fsp3) is 0.552. The number of aryl methyl sites for hydroxylation is 1. The van der Waals surface area contributed by atoms with E-state index in [9.17, 15) is 9.18 Å². The van der Waals surface area contributed by atoms with E-state index in [4.69, 9.17) is 5.73 Å². The summed E-state index contributed by atoms with van der Waals surface area (Å²) in [6.45, 7) is 6.46. The summed E-state index contributed by atoms with van der Waals surface area (Å²) in [4.78, 5) is 25.8. The van der Waals surface area contributed by atoms with Crippen molar-refractivity contribution in [2.45, 2.75) is 57.5 Å². The van der Waals surface area contributed by atoms with Gasteiger partial charge in [0.15, 0.2) is 11.6 Å². The lowest BCUT2D eigenvalue weighted by molar-refractivity contribution is -0.122. The summed E-state index contributed by atoms with van der Waals surface area (Å²) in [5, 5.41) is 6.38. The third kappa shape index (κ3) is 4.96. The number of primary amides is 1. The van der Waals surface area contributed by atoms with Crippen LogP contribution in [0.2, 0.25) is 0 Å². The largest absolute Gasteiger partial charge is 0.369 e. The minimum absolute atomic E-state index is 0.0869. The summed E-state index contributed by atoms with van der Waals surface area (Å²) in [6, 6.07) is 6.78. The molecule has 4 atom stereocenters. The molecule has 1 aromatic heterocycles. The highest BCUT2D eigenvalue weighted by Gasteiger charge is 2.47. The van der Waals surface area contributed by atoms with Gasteiger partial charge in [0.05, 0.1) is 12.1 Å². The second kappa shape index (κ2) is 10.5. The number of nitrogens with zero attached hydrogens (tertiary/aromatic N) is 4. The second-order valence-electron chi connectivity index (χ2n) is 11.4. The summed E-state index contributed by atoms with van der Waals surface area (Å²) in [5.74, 6) is -0.643. The Morgan fingerprint density at radius 1 is 1.08 bits per heavy atom. The van der Waals surface area contributed by atoms with Gasteiger partial charge in [-0.3, -0.25) is 9.69 Å². The summed E-state index contributed by atoms with van der Waals surface area (Å²) < 4.78 is 14.6. The molecule has 3 fully saturated rings. The Morgan fingerprint density at radius 3 is 2.58 bits per heavy atom. The van der Waals surface area contributed by atoms with Gasteiger partial charge < -0.3 is 21.3 Å². The molecule has 8 nitrogen and oxygen atoms in total. The Morgan fingerprint density at radius 2 is 1.84 bits per heavy atom. The molecule has 4 aliphatic rings. The van der Waals surface area contributed by atoms with Crippen molar-refractivity contribution < 1.29 is 9.18 Å². The number of allylic oxidation sites excluding steroid dienone is 1. The number of nitrogens with two attached hydrogens (primary N) is 1. The molecular formula is C29H38FN7O. The van der Waals surface area contributed by atoms with Crippen molar-refractivity contribution in [2.24, 2.45) is 23.5 Å².